The molecule has 2 aliphatic heterocycles. The number of carbonyl (C=O) groups is 1. The molecule has 3 rings (SSSR count). The largest absolute Gasteiger partial charge is 0.334 e. The second kappa shape index (κ2) is 6.27. The van der Waals surface area contributed by atoms with E-state index in [-0.39, 0.29) is 0 Å². The van der Waals surface area contributed by atoms with Crippen LogP contribution in [-0.4, -0.2) is 41.9 Å². The van der Waals surface area contributed by atoms with Gasteiger partial charge in [-0.1, -0.05) is 13.0 Å². The van der Waals surface area contributed by atoms with Gasteiger partial charge in [-0.05, 0) is 56.1 Å². The van der Waals surface area contributed by atoms with Crippen molar-refractivity contribution < 1.29 is 4.79 Å². The predicted octanol–water partition coefficient (Wildman–Crippen LogP) is 3.14. The first kappa shape index (κ1) is 14.1. The number of carbonyl (C=O) groups excluding carboxylic acids is 1. The molecule has 0 radical (unpaired) electrons. The first-order valence-corrected chi connectivity index (χ1v) is 8.67. The summed E-state index contributed by atoms with van der Waals surface area (Å²) in [5, 5.41) is 2.11. The van der Waals surface area contributed by atoms with Gasteiger partial charge in [0, 0.05) is 11.4 Å². The number of piperidine rings is 1. The van der Waals surface area contributed by atoms with E-state index in [1.807, 2.05) is 0 Å². The van der Waals surface area contributed by atoms with E-state index < -0.39 is 0 Å². The summed E-state index contributed by atoms with van der Waals surface area (Å²) >= 11 is 1.78. The summed E-state index contributed by atoms with van der Waals surface area (Å²) < 4.78 is 0. The standard InChI is InChI=1S/C16H24N2OS/c1-13-6-9-17(10-7-13)12-16(19)18-8-2-4-14(18)15-5-3-11-20-15/h3,5,11,13-14H,2,4,6-10,12H2,1H3. The maximum Gasteiger partial charge on any atom is 0.237 e. The Morgan fingerprint density at radius 3 is 2.80 bits per heavy atom. The average Bonchev–Trinajstić information content (AvgIpc) is 3.11. The number of thiophene rings is 1. The lowest BCUT2D eigenvalue weighted by Gasteiger charge is -2.32. The van der Waals surface area contributed by atoms with Crippen LogP contribution in [0.1, 0.15) is 43.5 Å². The van der Waals surface area contributed by atoms with Crippen LogP contribution in [0, 0.1) is 5.92 Å². The molecular formula is C16H24N2OS. The van der Waals surface area contributed by atoms with E-state index in [1.54, 1.807) is 11.3 Å². The maximum absolute atomic E-state index is 12.6. The molecule has 1 unspecified atom stereocenters. The number of hydrogen-bond donors (Lipinski definition) is 0. The fraction of sp³-hybridized carbons (Fsp3) is 0.688. The van der Waals surface area contributed by atoms with Crippen molar-refractivity contribution in [1.82, 2.24) is 9.80 Å². The molecule has 110 valence electrons. The molecule has 2 saturated heterocycles. The molecule has 2 aliphatic rings. The summed E-state index contributed by atoms with van der Waals surface area (Å²) in [7, 11) is 0. The first-order valence-electron chi connectivity index (χ1n) is 7.79. The van der Waals surface area contributed by atoms with E-state index in [9.17, 15) is 4.79 Å². The summed E-state index contributed by atoms with van der Waals surface area (Å²) in [6, 6.07) is 4.60. The summed E-state index contributed by atoms with van der Waals surface area (Å²) in [6.45, 7) is 6.04. The zero-order valence-corrected chi connectivity index (χ0v) is 13.1. The minimum atomic E-state index is 0.329. The lowest BCUT2D eigenvalue weighted by Crippen LogP contribution is -2.42. The Morgan fingerprint density at radius 1 is 1.30 bits per heavy atom. The van der Waals surface area contributed by atoms with Crippen LogP contribution in [-0.2, 0) is 4.79 Å². The minimum absolute atomic E-state index is 0.329. The van der Waals surface area contributed by atoms with Crippen LogP contribution in [0.2, 0.25) is 0 Å². The zero-order valence-electron chi connectivity index (χ0n) is 12.3. The first-order chi connectivity index (χ1) is 9.74. The quantitative estimate of drug-likeness (QED) is 0.854. The SMILES string of the molecule is CC1CCN(CC(=O)N2CCCC2c2cccs2)CC1. The number of likely N-dealkylation sites (tertiary alicyclic amines) is 2. The molecule has 2 fully saturated rings. The van der Waals surface area contributed by atoms with Crippen molar-refractivity contribution in [3.8, 4) is 0 Å². The number of amides is 1. The van der Waals surface area contributed by atoms with Gasteiger partial charge in [-0.25, -0.2) is 0 Å². The van der Waals surface area contributed by atoms with Gasteiger partial charge >= 0.3 is 0 Å². The Kier molecular flexibility index (Phi) is 4.41. The lowest BCUT2D eigenvalue weighted by atomic mass is 9.99. The maximum atomic E-state index is 12.6. The van der Waals surface area contributed by atoms with Crippen LogP contribution in [0.25, 0.3) is 0 Å². The molecule has 0 N–H and O–H groups in total. The lowest BCUT2D eigenvalue weighted by molar-refractivity contribution is -0.133. The third kappa shape index (κ3) is 3.07. The zero-order chi connectivity index (χ0) is 13.9. The van der Waals surface area contributed by atoms with Crippen LogP contribution in [0.5, 0.6) is 0 Å². The van der Waals surface area contributed by atoms with E-state index in [2.05, 4.69) is 34.2 Å². The molecule has 0 aliphatic carbocycles. The molecule has 1 amide bonds. The van der Waals surface area contributed by atoms with Gasteiger partial charge in [-0.15, -0.1) is 11.3 Å². The van der Waals surface area contributed by atoms with Crippen LogP contribution >= 0.6 is 11.3 Å². The second-order valence-corrected chi connectivity index (χ2v) is 7.20. The molecule has 20 heavy (non-hydrogen) atoms. The number of hydrogen-bond acceptors (Lipinski definition) is 3. The van der Waals surface area contributed by atoms with Gasteiger partial charge in [0.05, 0.1) is 12.6 Å². The minimum Gasteiger partial charge on any atom is -0.334 e. The Hall–Kier alpha value is -0.870. The molecule has 0 saturated carbocycles. The molecule has 0 spiro atoms. The van der Waals surface area contributed by atoms with Gasteiger partial charge in [-0.2, -0.15) is 0 Å². The average molecular weight is 292 g/mol. The van der Waals surface area contributed by atoms with Crippen molar-refractivity contribution >= 4 is 17.2 Å². The summed E-state index contributed by atoms with van der Waals surface area (Å²) in [4.78, 5) is 18.4. The molecule has 1 atom stereocenters. The highest BCUT2D eigenvalue weighted by Crippen LogP contribution is 2.34. The van der Waals surface area contributed by atoms with Crippen LogP contribution in [0.3, 0.4) is 0 Å². The van der Waals surface area contributed by atoms with Crippen LogP contribution in [0.15, 0.2) is 17.5 Å². The summed E-state index contributed by atoms with van der Waals surface area (Å²) in [5.41, 5.74) is 0. The van der Waals surface area contributed by atoms with Crippen molar-refractivity contribution in [3.63, 3.8) is 0 Å². The Bertz CT molecular complexity index is 437. The Morgan fingerprint density at radius 2 is 2.10 bits per heavy atom. The van der Waals surface area contributed by atoms with Gasteiger partial charge in [0.25, 0.3) is 0 Å². The van der Waals surface area contributed by atoms with Gasteiger partial charge < -0.3 is 4.90 Å². The van der Waals surface area contributed by atoms with Gasteiger partial charge in [0.15, 0.2) is 0 Å². The molecule has 0 aromatic carbocycles. The monoisotopic (exact) mass is 292 g/mol. The Balaban J connectivity index is 1.59. The van der Waals surface area contributed by atoms with Gasteiger partial charge in [-0.3, -0.25) is 9.69 Å². The van der Waals surface area contributed by atoms with Crippen molar-refractivity contribution in [2.75, 3.05) is 26.2 Å². The highest BCUT2D eigenvalue weighted by molar-refractivity contribution is 7.10. The van der Waals surface area contributed by atoms with Gasteiger partial charge in [0.2, 0.25) is 5.91 Å². The number of nitrogens with zero attached hydrogens (tertiary/aromatic N) is 2. The third-order valence-corrected chi connectivity index (χ3v) is 5.65. The summed E-state index contributed by atoms with van der Waals surface area (Å²) in [6.07, 6.45) is 4.75. The predicted molar refractivity (Wildman–Crippen MR) is 82.8 cm³/mol. The van der Waals surface area contributed by atoms with Crippen LogP contribution < -0.4 is 0 Å². The highest BCUT2D eigenvalue weighted by Gasteiger charge is 2.31. The fourth-order valence-corrected chi connectivity index (χ4v) is 4.22. The van der Waals surface area contributed by atoms with E-state index in [0.717, 1.165) is 38.4 Å². The smallest absolute Gasteiger partial charge is 0.237 e. The molecule has 0 bridgehead atoms. The third-order valence-electron chi connectivity index (χ3n) is 4.68. The molecule has 1 aromatic heterocycles. The fourth-order valence-electron chi connectivity index (χ4n) is 3.34. The molecule has 4 heteroatoms. The van der Waals surface area contributed by atoms with E-state index >= 15 is 0 Å². The van der Waals surface area contributed by atoms with Crippen LogP contribution in [0.4, 0.5) is 0 Å². The van der Waals surface area contributed by atoms with E-state index in [4.69, 9.17) is 0 Å². The molecular weight excluding hydrogens is 268 g/mol. The van der Waals surface area contributed by atoms with E-state index in [1.165, 1.54) is 17.7 Å². The summed E-state index contributed by atoms with van der Waals surface area (Å²) in [5.74, 6) is 1.16. The normalized spacial score (nSPS) is 25.2. The molecule has 1 aromatic rings. The second-order valence-electron chi connectivity index (χ2n) is 6.22. The van der Waals surface area contributed by atoms with Crippen molar-refractivity contribution in [1.29, 1.82) is 0 Å². The number of rotatable bonds is 3. The highest BCUT2D eigenvalue weighted by atomic mass is 32.1. The topological polar surface area (TPSA) is 23.6 Å². The molecule has 3 nitrogen and oxygen atoms in total. The van der Waals surface area contributed by atoms with Crippen molar-refractivity contribution in [2.45, 2.75) is 38.6 Å². The van der Waals surface area contributed by atoms with E-state index in [0.29, 0.717) is 18.5 Å². The van der Waals surface area contributed by atoms with Gasteiger partial charge in [0.1, 0.15) is 0 Å². The van der Waals surface area contributed by atoms with Crippen molar-refractivity contribution in [3.05, 3.63) is 22.4 Å². The molecule has 3 heterocycles. The van der Waals surface area contributed by atoms with Crippen molar-refractivity contribution in [2.24, 2.45) is 5.92 Å². The Labute approximate surface area is 125 Å².